The lowest BCUT2D eigenvalue weighted by Gasteiger charge is -2.35. The lowest BCUT2D eigenvalue weighted by molar-refractivity contribution is 0.0205. The first-order valence-corrected chi connectivity index (χ1v) is 11.1. The van der Waals surface area contributed by atoms with Crippen LogP contribution >= 0.6 is 24.0 Å². The fraction of sp³-hybridized carbons (Fsp3) is 0.952. The number of likely N-dealkylation sites (tertiary alicyclic amines) is 1. The molecule has 0 aliphatic carbocycles. The molecular weight excluding hydrogens is 467 g/mol. The van der Waals surface area contributed by atoms with Crippen molar-refractivity contribution >= 4 is 29.9 Å². The molecule has 0 spiro atoms. The van der Waals surface area contributed by atoms with E-state index in [4.69, 9.17) is 9.47 Å². The van der Waals surface area contributed by atoms with Gasteiger partial charge in [0.1, 0.15) is 0 Å². The molecule has 2 atom stereocenters. The Morgan fingerprint density at radius 1 is 1.14 bits per heavy atom. The fourth-order valence-electron chi connectivity index (χ4n) is 4.17. The molecule has 2 aliphatic rings. The Bertz CT molecular complexity index is 409. The predicted octanol–water partition coefficient (Wildman–Crippen LogP) is 2.97. The summed E-state index contributed by atoms with van der Waals surface area (Å²) in [6, 6.07) is 0. The molecule has 0 aromatic heterocycles. The monoisotopic (exact) mass is 510 g/mol. The van der Waals surface area contributed by atoms with E-state index < -0.39 is 0 Å². The summed E-state index contributed by atoms with van der Waals surface area (Å²) in [4.78, 5) is 7.27. The van der Waals surface area contributed by atoms with Crippen LogP contribution in [-0.4, -0.2) is 76.6 Å². The zero-order valence-electron chi connectivity index (χ0n) is 18.3. The Kier molecular flexibility index (Phi) is 14.5. The SMILES string of the molecule is CCNC(=NCCCOCC1CCOCC1)NCCN1CC(C)CC(C)C1.I. The number of nitrogens with one attached hydrogen (secondary N) is 2. The highest BCUT2D eigenvalue weighted by atomic mass is 127. The minimum absolute atomic E-state index is 0. The minimum atomic E-state index is 0. The van der Waals surface area contributed by atoms with E-state index in [1.165, 1.54) is 19.5 Å². The summed E-state index contributed by atoms with van der Waals surface area (Å²) < 4.78 is 11.2. The highest BCUT2D eigenvalue weighted by Gasteiger charge is 2.21. The Morgan fingerprint density at radius 2 is 1.86 bits per heavy atom. The third-order valence-electron chi connectivity index (χ3n) is 5.42. The van der Waals surface area contributed by atoms with Crippen molar-refractivity contribution in [3.8, 4) is 0 Å². The topological polar surface area (TPSA) is 58.1 Å². The number of hydrogen-bond donors (Lipinski definition) is 2. The predicted molar refractivity (Wildman–Crippen MR) is 128 cm³/mol. The molecule has 2 unspecified atom stereocenters. The molecule has 0 aromatic rings. The van der Waals surface area contributed by atoms with Crippen LogP contribution in [0.5, 0.6) is 0 Å². The van der Waals surface area contributed by atoms with Crippen LogP contribution in [0, 0.1) is 17.8 Å². The summed E-state index contributed by atoms with van der Waals surface area (Å²) in [5.74, 6) is 3.25. The summed E-state index contributed by atoms with van der Waals surface area (Å²) >= 11 is 0. The molecule has 0 saturated carbocycles. The number of rotatable bonds is 10. The molecule has 7 heteroatoms. The summed E-state index contributed by atoms with van der Waals surface area (Å²) in [6.45, 7) is 16.5. The lowest BCUT2D eigenvalue weighted by Crippen LogP contribution is -2.45. The largest absolute Gasteiger partial charge is 0.381 e. The summed E-state index contributed by atoms with van der Waals surface area (Å²) in [7, 11) is 0. The van der Waals surface area contributed by atoms with Gasteiger partial charge in [-0.15, -0.1) is 24.0 Å². The summed E-state index contributed by atoms with van der Waals surface area (Å²) in [6.07, 6.45) is 4.62. The molecule has 166 valence electrons. The molecule has 2 heterocycles. The minimum Gasteiger partial charge on any atom is -0.381 e. The maximum Gasteiger partial charge on any atom is 0.191 e. The van der Waals surface area contributed by atoms with Crippen LogP contribution in [0.2, 0.25) is 0 Å². The highest BCUT2D eigenvalue weighted by Crippen LogP contribution is 2.20. The van der Waals surface area contributed by atoms with Crippen LogP contribution in [0.25, 0.3) is 0 Å². The second-order valence-electron chi connectivity index (χ2n) is 8.38. The third kappa shape index (κ3) is 11.2. The van der Waals surface area contributed by atoms with Crippen molar-refractivity contribution < 1.29 is 9.47 Å². The molecule has 2 fully saturated rings. The zero-order valence-corrected chi connectivity index (χ0v) is 20.6. The number of hydrogen-bond acceptors (Lipinski definition) is 4. The van der Waals surface area contributed by atoms with Gasteiger partial charge in [-0.25, -0.2) is 0 Å². The van der Waals surface area contributed by atoms with Gasteiger partial charge in [0.2, 0.25) is 0 Å². The molecule has 0 radical (unpaired) electrons. The van der Waals surface area contributed by atoms with Crippen molar-refractivity contribution in [1.29, 1.82) is 0 Å². The van der Waals surface area contributed by atoms with Crippen LogP contribution in [0.3, 0.4) is 0 Å². The molecule has 0 amide bonds. The Balaban J connectivity index is 0.00000392. The molecule has 0 aromatic carbocycles. The second kappa shape index (κ2) is 15.7. The molecule has 2 saturated heterocycles. The average molecular weight is 511 g/mol. The van der Waals surface area contributed by atoms with Gasteiger partial charge in [0.05, 0.1) is 0 Å². The van der Waals surface area contributed by atoms with Crippen LogP contribution in [-0.2, 0) is 9.47 Å². The number of piperidine rings is 1. The first kappa shape index (κ1) is 25.9. The average Bonchev–Trinajstić information content (AvgIpc) is 2.64. The van der Waals surface area contributed by atoms with Gasteiger partial charge < -0.3 is 25.0 Å². The van der Waals surface area contributed by atoms with Gasteiger partial charge in [-0.2, -0.15) is 0 Å². The standard InChI is InChI=1S/C21H42N4O2.HI/c1-4-22-21(24-9-10-25-15-18(2)14-19(3)16-25)23-8-5-11-27-17-20-6-12-26-13-7-20;/h18-20H,4-17H2,1-3H3,(H2,22,23,24);1H. The molecule has 0 bridgehead atoms. The quantitative estimate of drug-likeness (QED) is 0.205. The second-order valence-corrected chi connectivity index (χ2v) is 8.38. The van der Waals surface area contributed by atoms with E-state index in [1.54, 1.807) is 0 Å². The van der Waals surface area contributed by atoms with Gasteiger partial charge in [-0.05, 0) is 50.4 Å². The van der Waals surface area contributed by atoms with Gasteiger partial charge in [0, 0.05) is 65.7 Å². The van der Waals surface area contributed by atoms with Crippen LogP contribution in [0.1, 0.15) is 46.5 Å². The van der Waals surface area contributed by atoms with Crippen LogP contribution < -0.4 is 10.6 Å². The first-order valence-electron chi connectivity index (χ1n) is 11.1. The highest BCUT2D eigenvalue weighted by molar-refractivity contribution is 14.0. The van der Waals surface area contributed by atoms with E-state index in [-0.39, 0.29) is 24.0 Å². The lowest BCUT2D eigenvalue weighted by atomic mass is 9.92. The number of ether oxygens (including phenoxy) is 2. The maximum atomic E-state index is 5.82. The Hall–Kier alpha value is -0.120. The number of aliphatic imine (C=N–C) groups is 1. The van der Waals surface area contributed by atoms with E-state index >= 15 is 0 Å². The molecule has 2 N–H and O–H groups in total. The van der Waals surface area contributed by atoms with Crippen molar-refractivity contribution in [3.05, 3.63) is 0 Å². The van der Waals surface area contributed by atoms with Crippen molar-refractivity contribution in [2.45, 2.75) is 46.5 Å². The van der Waals surface area contributed by atoms with E-state index in [0.29, 0.717) is 5.92 Å². The third-order valence-corrected chi connectivity index (χ3v) is 5.42. The van der Waals surface area contributed by atoms with Gasteiger partial charge in [-0.3, -0.25) is 4.99 Å². The number of nitrogens with zero attached hydrogens (tertiary/aromatic N) is 2. The van der Waals surface area contributed by atoms with Crippen molar-refractivity contribution in [2.75, 3.05) is 65.7 Å². The fourth-order valence-corrected chi connectivity index (χ4v) is 4.17. The number of guanidine groups is 1. The number of halogens is 1. The van der Waals surface area contributed by atoms with E-state index in [0.717, 1.165) is 89.7 Å². The molecule has 6 nitrogen and oxygen atoms in total. The van der Waals surface area contributed by atoms with Crippen LogP contribution in [0.15, 0.2) is 4.99 Å². The molecule has 28 heavy (non-hydrogen) atoms. The van der Waals surface area contributed by atoms with Gasteiger partial charge >= 0.3 is 0 Å². The van der Waals surface area contributed by atoms with Gasteiger partial charge in [-0.1, -0.05) is 13.8 Å². The van der Waals surface area contributed by atoms with Crippen molar-refractivity contribution in [3.63, 3.8) is 0 Å². The van der Waals surface area contributed by atoms with E-state index in [2.05, 4.69) is 41.3 Å². The van der Waals surface area contributed by atoms with Gasteiger partial charge in [0.25, 0.3) is 0 Å². The molecular formula is C21H43IN4O2. The maximum absolute atomic E-state index is 5.82. The van der Waals surface area contributed by atoms with Crippen molar-refractivity contribution in [2.24, 2.45) is 22.7 Å². The first-order chi connectivity index (χ1) is 13.2. The normalized spacial score (nSPS) is 24.6. The smallest absolute Gasteiger partial charge is 0.191 e. The van der Waals surface area contributed by atoms with Crippen molar-refractivity contribution in [1.82, 2.24) is 15.5 Å². The van der Waals surface area contributed by atoms with E-state index in [9.17, 15) is 0 Å². The van der Waals surface area contributed by atoms with E-state index in [1.807, 2.05) is 0 Å². The van der Waals surface area contributed by atoms with Gasteiger partial charge in [0.15, 0.2) is 5.96 Å². The summed E-state index contributed by atoms with van der Waals surface area (Å²) in [5.41, 5.74) is 0. The Labute approximate surface area is 189 Å². The summed E-state index contributed by atoms with van der Waals surface area (Å²) in [5, 5.41) is 6.83. The molecule has 2 aliphatic heterocycles. The van der Waals surface area contributed by atoms with Crippen LogP contribution in [0.4, 0.5) is 0 Å². The molecule has 2 rings (SSSR count). The zero-order chi connectivity index (χ0) is 19.3. The Morgan fingerprint density at radius 3 is 2.54 bits per heavy atom.